The minimum Gasteiger partial charge on any atom is -0.489 e. The van der Waals surface area contributed by atoms with E-state index in [4.69, 9.17) is 9.84 Å². The summed E-state index contributed by atoms with van der Waals surface area (Å²) >= 11 is 3.44. The molecule has 1 amide bonds. The van der Waals surface area contributed by atoms with Crippen LogP contribution in [-0.4, -0.2) is 21.9 Å². The Morgan fingerprint density at radius 3 is 2.45 bits per heavy atom. The minimum absolute atomic E-state index is 0.273. The van der Waals surface area contributed by atoms with Crippen molar-refractivity contribution >= 4 is 38.8 Å². The van der Waals surface area contributed by atoms with Crippen LogP contribution in [0.15, 0.2) is 131 Å². The van der Waals surface area contributed by atoms with Gasteiger partial charge in [0.15, 0.2) is 5.69 Å². The van der Waals surface area contributed by atoms with Crippen molar-refractivity contribution in [3.63, 3.8) is 0 Å². The van der Waals surface area contributed by atoms with Crippen molar-refractivity contribution in [2.24, 2.45) is 5.10 Å². The maximum Gasteiger partial charge on any atom is 0.291 e. The fourth-order valence-electron chi connectivity index (χ4n) is 4.74. The SMILES string of the molecule is Cc1ccccc1-n1nc(C(=O)N/N=C\c2ccc(OCc3ccc(Br)cc3)cc2)cc1-c1cccc2ccccc12. The Kier molecular flexibility index (Phi) is 7.92. The average Bonchev–Trinajstić information content (AvgIpc) is 3.46. The number of hydrogen-bond acceptors (Lipinski definition) is 4. The van der Waals surface area contributed by atoms with Crippen molar-refractivity contribution < 1.29 is 9.53 Å². The first-order valence-corrected chi connectivity index (χ1v) is 14.3. The molecule has 206 valence electrons. The van der Waals surface area contributed by atoms with Crippen LogP contribution < -0.4 is 10.2 Å². The molecular weight excluding hydrogens is 588 g/mol. The lowest BCUT2D eigenvalue weighted by Crippen LogP contribution is -2.18. The quantitative estimate of drug-likeness (QED) is 0.139. The Morgan fingerprint density at radius 2 is 1.64 bits per heavy atom. The van der Waals surface area contributed by atoms with Crippen LogP contribution in [0.1, 0.15) is 27.2 Å². The van der Waals surface area contributed by atoms with Crippen molar-refractivity contribution in [1.29, 1.82) is 0 Å². The van der Waals surface area contributed by atoms with Crippen molar-refractivity contribution in [1.82, 2.24) is 15.2 Å². The highest BCUT2D eigenvalue weighted by Gasteiger charge is 2.19. The number of fused-ring (bicyclic) bond motifs is 1. The van der Waals surface area contributed by atoms with Gasteiger partial charge in [0.05, 0.1) is 17.6 Å². The molecule has 6 rings (SSSR count). The van der Waals surface area contributed by atoms with Crippen LogP contribution in [0.4, 0.5) is 0 Å². The average molecular weight is 616 g/mol. The molecule has 1 N–H and O–H groups in total. The zero-order chi connectivity index (χ0) is 28.9. The van der Waals surface area contributed by atoms with Gasteiger partial charge in [0.25, 0.3) is 5.91 Å². The number of halogens is 1. The minimum atomic E-state index is -0.394. The first kappa shape index (κ1) is 27.2. The fraction of sp³-hybridized carbons (Fsp3) is 0.0571. The van der Waals surface area contributed by atoms with E-state index in [1.807, 2.05) is 109 Å². The van der Waals surface area contributed by atoms with Gasteiger partial charge in [-0.3, -0.25) is 4.79 Å². The number of ether oxygens (including phenoxy) is 1. The van der Waals surface area contributed by atoms with E-state index in [1.165, 1.54) is 0 Å². The summed E-state index contributed by atoms with van der Waals surface area (Å²) in [6.45, 7) is 2.51. The molecule has 6 aromatic rings. The van der Waals surface area contributed by atoms with Gasteiger partial charge in [-0.15, -0.1) is 0 Å². The van der Waals surface area contributed by atoms with E-state index in [2.05, 4.69) is 50.7 Å². The molecule has 0 saturated carbocycles. The first-order chi connectivity index (χ1) is 20.5. The van der Waals surface area contributed by atoms with E-state index in [0.29, 0.717) is 6.61 Å². The van der Waals surface area contributed by atoms with E-state index in [9.17, 15) is 4.79 Å². The molecule has 1 aromatic heterocycles. The number of para-hydroxylation sites is 1. The van der Waals surface area contributed by atoms with E-state index in [1.54, 1.807) is 6.21 Å². The number of nitrogens with one attached hydrogen (secondary N) is 1. The Labute approximate surface area is 252 Å². The molecule has 0 bridgehead atoms. The monoisotopic (exact) mass is 614 g/mol. The van der Waals surface area contributed by atoms with E-state index in [0.717, 1.165) is 54.6 Å². The smallest absolute Gasteiger partial charge is 0.291 e. The molecule has 5 aromatic carbocycles. The lowest BCUT2D eigenvalue weighted by molar-refractivity contribution is 0.0949. The summed E-state index contributed by atoms with van der Waals surface area (Å²) in [6.07, 6.45) is 1.60. The number of rotatable bonds is 8. The Balaban J connectivity index is 1.20. The van der Waals surface area contributed by atoms with Crippen LogP contribution in [0, 0.1) is 6.92 Å². The molecular formula is C35H27BrN4O2. The lowest BCUT2D eigenvalue weighted by Gasteiger charge is -2.12. The van der Waals surface area contributed by atoms with Gasteiger partial charge < -0.3 is 4.74 Å². The molecule has 0 fully saturated rings. The highest BCUT2D eigenvalue weighted by atomic mass is 79.9. The third-order valence-corrected chi connectivity index (χ3v) is 7.46. The molecule has 0 atom stereocenters. The second kappa shape index (κ2) is 12.2. The van der Waals surface area contributed by atoms with Gasteiger partial charge in [0, 0.05) is 10.0 Å². The molecule has 0 aliphatic rings. The summed E-state index contributed by atoms with van der Waals surface area (Å²) in [7, 11) is 0. The summed E-state index contributed by atoms with van der Waals surface area (Å²) in [6, 6.07) is 39.7. The van der Waals surface area contributed by atoms with Crippen LogP contribution in [-0.2, 0) is 6.61 Å². The van der Waals surface area contributed by atoms with Crippen molar-refractivity contribution in [3.8, 4) is 22.7 Å². The molecule has 0 unspecified atom stereocenters. The number of amides is 1. The van der Waals surface area contributed by atoms with Gasteiger partial charge in [0.1, 0.15) is 12.4 Å². The predicted octanol–water partition coefficient (Wildman–Crippen LogP) is 8.11. The molecule has 0 aliphatic carbocycles. The Hall–Kier alpha value is -5.01. The van der Waals surface area contributed by atoms with Gasteiger partial charge >= 0.3 is 0 Å². The standard InChI is InChI=1S/C35H27BrN4O2/c1-24-7-2-5-12-33(24)40-34(31-11-6-9-27-8-3-4-10-30(27)31)21-32(39-40)35(41)38-37-22-25-15-19-29(20-16-25)42-23-26-13-17-28(36)18-14-26/h2-22H,23H2,1H3,(H,38,41)/b37-22-. The van der Waals surface area contributed by atoms with Crippen molar-refractivity contribution in [2.75, 3.05) is 0 Å². The van der Waals surface area contributed by atoms with Gasteiger partial charge in [-0.1, -0.05) is 88.7 Å². The Morgan fingerprint density at radius 1 is 0.905 bits per heavy atom. The topological polar surface area (TPSA) is 68.5 Å². The second-order valence-electron chi connectivity index (χ2n) is 9.82. The van der Waals surface area contributed by atoms with Crippen molar-refractivity contribution in [2.45, 2.75) is 13.5 Å². The highest BCUT2D eigenvalue weighted by Crippen LogP contribution is 2.31. The molecule has 0 aliphatic heterocycles. The van der Waals surface area contributed by atoms with Gasteiger partial charge in [-0.25, -0.2) is 10.1 Å². The van der Waals surface area contributed by atoms with Crippen LogP contribution in [0.2, 0.25) is 0 Å². The van der Waals surface area contributed by atoms with E-state index >= 15 is 0 Å². The van der Waals surface area contributed by atoms with Gasteiger partial charge in [-0.05, 0) is 82.9 Å². The van der Waals surface area contributed by atoms with E-state index in [-0.39, 0.29) is 5.69 Å². The van der Waals surface area contributed by atoms with Crippen LogP contribution in [0.5, 0.6) is 5.75 Å². The number of nitrogens with zero attached hydrogens (tertiary/aromatic N) is 3. The molecule has 7 heteroatoms. The summed E-state index contributed by atoms with van der Waals surface area (Å²) in [5, 5.41) is 11.1. The zero-order valence-corrected chi connectivity index (χ0v) is 24.5. The molecule has 42 heavy (non-hydrogen) atoms. The maximum atomic E-state index is 13.2. The van der Waals surface area contributed by atoms with Crippen molar-refractivity contribution in [3.05, 3.63) is 148 Å². The lowest BCUT2D eigenvalue weighted by atomic mass is 10.0. The number of aryl methyl sites for hydroxylation is 1. The number of aromatic nitrogens is 2. The second-order valence-corrected chi connectivity index (χ2v) is 10.7. The van der Waals surface area contributed by atoms with E-state index < -0.39 is 5.91 Å². The summed E-state index contributed by atoms with van der Waals surface area (Å²) in [5.74, 6) is 0.358. The number of carbonyl (C=O) groups excluding carboxylic acids is 1. The number of hydrazone groups is 1. The number of benzene rings is 5. The molecule has 0 radical (unpaired) electrons. The molecule has 0 saturated heterocycles. The van der Waals surface area contributed by atoms with Gasteiger partial charge in [-0.2, -0.15) is 10.2 Å². The normalized spacial score (nSPS) is 11.2. The largest absolute Gasteiger partial charge is 0.489 e. The third kappa shape index (κ3) is 6.01. The van der Waals surface area contributed by atoms with Crippen LogP contribution in [0.25, 0.3) is 27.7 Å². The molecule has 6 nitrogen and oxygen atoms in total. The fourth-order valence-corrected chi connectivity index (χ4v) is 5.00. The third-order valence-electron chi connectivity index (χ3n) is 6.93. The van der Waals surface area contributed by atoms with Crippen LogP contribution >= 0.6 is 15.9 Å². The number of hydrogen-bond donors (Lipinski definition) is 1. The maximum absolute atomic E-state index is 13.2. The first-order valence-electron chi connectivity index (χ1n) is 13.5. The van der Waals surface area contributed by atoms with Crippen LogP contribution in [0.3, 0.4) is 0 Å². The predicted molar refractivity (Wildman–Crippen MR) is 171 cm³/mol. The Bertz CT molecular complexity index is 1890. The molecule has 0 spiro atoms. The summed E-state index contributed by atoms with van der Waals surface area (Å²) < 4.78 is 8.74. The molecule has 1 heterocycles. The summed E-state index contributed by atoms with van der Waals surface area (Å²) in [4.78, 5) is 13.2. The summed E-state index contributed by atoms with van der Waals surface area (Å²) in [5.41, 5.74) is 8.59. The zero-order valence-electron chi connectivity index (χ0n) is 22.9. The number of carbonyl (C=O) groups is 1. The van der Waals surface area contributed by atoms with Gasteiger partial charge in [0.2, 0.25) is 0 Å². The highest BCUT2D eigenvalue weighted by molar-refractivity contribution is 9.10.